The highest BCUT2D eigenvalue weighted by molar-refractivity contribution is 5.71. The van der Waals surface area contributed by atoms with Gasteiger partial charge in [-0.05, 0) is 74.4 Å². The molecule has 0 bridgehead atoms. The van der Waals surface area contributed by atoms with Gasteiger partial charge in [-0.3, -0.25) is 0 Å². The lowest BCUT2D eigenvalue weighted by Crippen LogP contribution is -2.40. The standard InChI is InChI=1S/C21H28N2/c1-5-16-14-21(4,6-2)23-20-15(3)12-18(13-19(16)20)22-17-10-8-7-9-11-17/h7-13,16,22-23H,5-6,14H2,1-4H3. The van der Waals surface area contributed by atoms with Crippen LogP contribution in [0.3, 0.4) is 0 Å². The van der Waals surface area contributed by atoms with E-state index in [1.54, 1.807) is 0 Å². The first kappa shape index (κ1) is 15.9. The summed E-state index contributed by atoms with van der Waals surface area (Å²) in [6.45, 7) is 9.16. The van der Waals surface area contributed by atoms with Crippen molar-refractivity contribution >= 4 is 17.1 Å². The van der Waals surface area contributed by atoms with Gasteiger partial charge in [-0.25, -0.2) is 0 Å². The normalized spacial score (nSPS) is 23.0. The molecule has 2 aromatic rings. The average Bonchev–Trinajstić information content (AvgIpc) is 2.56. The highest BCUT2D eigenvalue weighted by Crippen LogP contribution is 2.44. The quantitative estimate of drug-likeness (QED) is 0.701. The van der Waals surface area contributed by atoms with Crippen molar-refractivity contribution in [1.29, 1.82) is 0 Å². The van der Waals surface area contributed by atoms with E-state index in [0.717, 1.165) is 12.1 Å². The van der Waals surface area contributed by atoms with Crippen molar-refractivity contribution in [3.05, 3.63) is 53.6 Å². The predicted octanol–water partition coefficient (Wildman–Crippen LogP) is 6.22. The Balaban J connectivity index is 1.98. The molecular weight excluding hydrogens is 280 g/mol. The van der Waals surface area contributed by atoms with Crippen molar-refractivity contribution in [2.24, 2.45) is 0 Å². The summed E-state index contributed by atoms with van der Waals surface area (Å²) < 4.78 is 0. The minimum atomic E-state index is 0.215. The zero-order chi connectivity index (χ0) is 16.4. The fraction of sp³-hybridized carbons (Fsp3) is 0.429. The van der Waals surface area contributed by atoms with Gasteiger partial charge in [-0.1, -0.05) is 32.0 Å². The first-order chi connectivity index (χ1) is 11.0. The van der Waals surface area contributed by atoms with E-state index in [4.69, 9.17) is 0 Å². The van der Waals surface area contributed by atoms with Crippen LogP contribution in [-0.4, -0.2) is 5.54 Å². The molecular formula is C21H28N2. The summed E-state index contributed by atoms with van der Waals surface area (Å²) in [6.07, 6.45) is 3.56. The Labute approximate surface area is 140 Å². The van der Waals surface area contributed by atoms with Crippen molar-refractivity contribution in [2.45, 2.75) is 58.4 Å². The van der Waals surface area contributed by atoms with Crippen LogP contribution in [0.15, 0.2) is 42.5 Å². The average molecular weight is 308 g/mol. The Morgan fingerprint density at radius 2 is 1.87 bits per heavy atom. The molecule has 0 saturated heterocycles. The molecule has 0 fully saturated rings. The van der Waals surface area contributed by atoms with Crippen molar-refractivity contribution in [2.75, 3.05) is 10.6 Å². The highest BCUT2D eigenvalue weighted by Gasteiger charge is 2.33. The molecule has 2 atom stereocenters. The fourth-order valence-electron chi connectivity index (χ4n) is 3.67. The number of hydrogen-bond acceptors (Lipinski definition) is 2. The minimum Gasteiger partial charge on any atom is -0.379 e. The molecule has 2 aromatic carbocycles. The summed E-state index contributed by atoms with van der Waals surface area (Å²) in [5, 5.41) is 7.37. The predicted molar refractivity (Wildman–Crippen MR) is 101 cm³/mol. The second-order valence-electron chi connectivity index (χ2n) is 7.10. The molecule has 2 heteroatoms. The van der Waals surface area contributed by atoms with Crippen molar-refractivity contribution in [3.63, 3.8) is 0 Å². The molecule has 122 valence electrons. The zero-order valence-corrected chi connectivity index (χ0v) is 14.7. The summed E-state index contributed by atoms with van der Waals surface area (Å²) in [5.74, 6) is 0.632. The van der Waals surface area contributed by atoms with E-state index in [-0.39, 0.29) is 5.54 Å². The first-order valence-corrected chi connectivity index (χ1v) is 8.79. The van der Waals surface area contributed by atoms with Gasteiger partial charge < -0.3 is 10.6 Å². The van der Waals surface area contributed by atoms with E-state index in [9.17, 15) is 0 Å². The van der Waals surface area contributed by atoms with E-state index >= 15 is 0 Å². The van der Waals surface area contributed by atoms with E-state index in [1.165, 1.54) is 35.3 Å². The maximum atomic E-state index is 3.82. The zero-order valence-electron chi connectivity index (χ0n) is 14.7. The van der Waals surface area contributed by atoms with Gasteiger partial charge in [-0.2, -0.15) is 0 Å². The Hall–Kier alpha value is -1.96. The second kappa shape index (κ2) is 6.27. The number of rotatable bonds is 4. The number of nitrogens with one attached hydrogen (secondary N) is 2. The lowest BCUT2D eigenvalue weighted by Gasteiger charge is -2.41. The van der Waals surface area contributed by atoms with Crippen LogP contribution >= 0.6 is 0 Å². The molecule has 0 spiro atoms. The maximum Gasteiger partial charge on any atom is 0.0411 e. The number of para-hydroxylation sites is 1. The second-order valence-corrected chi connectivity index (χ2v) is 7.10. The molecule has 2 N–H and O–H groups in total. The lowest BCUT2D eigenvalue weighted by atomic mass is 9.76. The number of benzene rings is 2. The minimum absolute atomic E-state index is 0.215. The summed E-state index contributed by atoms with van der Waals surface area (Å²) in [5.41, 5.74) is 6.70. The third-order valence-corrected chi connectivity index (χ3v) is 5.27. The molecule has 0 aliphatic carbocycles. The molecule has 0 aromatic heterocycles. The van der Waals surface area contributed by atoms with Gasteiger partial charge in [0.25, 0.3) is 0 Å². The van der Waals surface area contributed by atoms with Crippen molar-refractivity contribution < 1.29 is 0 Å². The Morgan fingerprint density at radius 3 is 2.52 bits per heavy atom. The molecule has 3 rings (SSSR count). The Kier molecular flexibility index (Phi) is 4.34. The Morgan fingerprint density at radius 1 is 1.13 bits per heavy atom. The third-order valence-electron chi connectivity index (χ3n) is 5.27. The molecule has 2 unspecified atom stereocenters. The molecule has 0 amide bonds. The SMILES string of the molecule is CCC1CC(C)(CC)Nc2c(C)cc(Nc3ccccc3)cc21. The van der Waals surface area contributed by atoms with Crippen LogP contribution in [0.5, 0.6) is 0 Å². The summed E-state index contributed by atoms with van der Waals surface area (Å²) in [7, 11) is 0. The van der Waals surface area contributed by atoms with Crippen molar-refractivity contribution in [1.82, 2.24) is 0 Å². The highest BCUT2D eigenvalue weighted by atomic mass is 15.0. The van der Waals surface area contributed by atoms with Gasteiger partial charge in [0.05, 0.1) is 0 Å². The molecule has 2 nitrogen and oxygen atoms in total. The lowest BCUT2D eigenvalue weighted by molar-refractivity contribution is 0.388. The topological polar surface area (TPSA) is 24.1 Å². The van der Waals surface area contributed by atoms with Crippen molar-refractivity contribution in [3.8, 4) is 0 Å². The van der Waals surface area contributed by atoms with Crippen LogP contribution < -0.4 is 10.6 Å². The largest absolute Gasteiger partial charge is 0.379 e. The Bertz CT molecular complexity index is 678. The van der Waals surface area contributed by atoms with Gasteiger partial charge in [0.1, 0.15) is 0 Å². The molecule has 0 radical (unpaired) electrons. The molecule has 1 aliphatic heterocycles. The van der Waals surface area contributed by atoms with Crippen LogP contribution in [0.2, 0.25) is 0 Å². The number of fused-ring (bicyclic) bond motifs is 1. The van der Waals surface area contributed by atoms with E-state index < -0.39 is 0 Å². The molecule has 1 aliphatic rings. The fourth-order valence-corrected chi connectivity index (χ4v) is 3.67. The third kappa shape index (κ3) is 3.21. The van der Waals surface area contributed by atoms with Gasteiger partial charge in [-0.15, -0.1) is 0 Å². The number of aryl methyl sites for hydroxylation is 1. The van der Waals surface area contributed by atoms with Gasteiger partial charge in [0, 0.05) is 22.6 Å². The molecule has 0 saturated carbocycles. The number of anilines is 3. The summed E-state index contributed by atoms with van der Waals surface area (Å²) >= 11 is 0. The molecule has 1 heterocycles. The first-order valence-electron chi connectivity index (χ1n) is 8.79. The monoisotopic (exact) mass is 308 g/mol. The van der Waals surface area contributed by atoms with Crippen LogP contribution in [0, 0.1) is 6.92 Å². The number of hydrogen-bond donors (Lipinski definition) is 2. The molecule has 23 heavy (non-hydrogen) atoms. The van der Waals surface area contributed by atoms with Gasteiger partial charge >= 0.3 is 0 Å². The maximum absolute atomic E-state index is 3.82. The van der Waals surface area contributed by atoms with Crippen LogP contribution in [0.4, 0.5) is 17.1 Å². The van der Waals surface area contributed by atoms with Crippen LogP contribution in [0.25, 0.3) is 0 Å². The van der Waals surface area contributed by atoms with E-state index in [2.05, 4.69) is 74.7 Å². The summed E-state index contributed by atoms with van der Waals surface area (Å²) in [6, 6.07) is 15.0. The van der Waals surface area contributed by atoms with E-state index in [1.807, 2.05) is 6.07 Å². The van der Waals surface area contributed by atoms with E-state index in [0.29, 0.717) is 5.92 Å². The van der Waals surface area contributed by atoms with Crippen LogP contribution in [-0.2, 0) is 0 Å². The van der Waals surface area contributed by atoms with Gasteiger partial charge in [0.2, 0.25) is 0 Å². The smallest absolute Gasteiger partial charge is 0.0411 e. The summed E-state index contributed by atoms with van der Waals surface area (Å²) in [4.78, 5) is 0. The van der Waals surface area contributed by atoms with Gasteiger partial charge in [0.15, 0.2) is 0 Å². The van der Waals surface area contributed by atoms with Crippen LogP contribution in [0.1, 0.15) is 57.1 Å².